The molecule has 0 radical (unpaired) electrons. The molecule has 0 aliphatic carbocycles. The highest BCUT2D eigenvalue weighted by Gasteiger charge is 2.13. The average Bonchev–Trinajstić information content (AvgIpc) is 2.78. The van der Waals surface area contributed by atoms with Crippen molar-refractivity contribution in [1.29, 1.82) is 0 Å². The molecule has 0 atom stereocenters. The first-order chi connectivity index (χ1) is 9.15. The molecular formula is C12H10ClN3O3. The van der Waals surface area contributed by atoms with Crippen molar-refractivity contribution in [2.75, 3.05) is 7.11 Å². The monoisotopic (exact) mass is 279 g/mol. The molecule has 0 fully saturated rings. The number of pyridine rings is 1. The Hall–Kier alpha value is -2.05. The molecule has 2 aromatic heterocycles. The van der Waals surface area contributed by atoms with Gasteiger partial charge in [-0.3, -0.25) is 0 Å². The Morgan fingerprint density at radius 1 is 1.47 bits per heavy atom. The van der Waals surface area contributed by atoms with E-state index in [0.29, 0.717) is 32.9 Å². The van der Waals surface area contributed by atoms with Crippen LogP contribution in [0.15, 0.2) is 23.0 Å². The first-order valence-electron chi connectivity index (χ1n) is 5.53. The summed E-state index contributed by atoms with van der Waals surface area (Å²) in [6.45, 7) is -0.168. The van der Waals surface area contributed by atoms with Crippen LogP contribution in [-0.4, -0.2) is 26.8 Å². The number of aromatic amines is 1. The largest absolute Gasteiger partial charge is 0.495 e. The Labute approximate surface area is 112 Å². The van der Waals surface area contributed by atoms with Gasteiger partial charge >= 0.3 is 5.69 Å². The second-order valence-electron chi connectivity index (χ2n) is 4.05. The number of nitrogens with zero attached hydrogens (tertiary/aromatic N) is 2. The van der Waals surface area contributed by atoms with Crippen LogP contribution in [0.2, 0.25) is 5.02 Å². The standard InChI is InChI=1S/C12H10ClN3O3/c1-19-10-3-7-6(5-17)2-11-14-15-12(18)16(11)9(7)4-8(10)13/h2-4,17H,5H2,1H3,(H,15,18). The zero-order valence-electron chi connectivity index (χ0n) is 9.98. The molecule has 0 amide bonds. The number of H-pyrrole nitrogens is 1. The van der Waals surface area contributed by atoms with Gasteiger partial charge in [-0.05, 0) is 23.8 Å². The fourth-order valence-corrected chi connectivity index (χ4v) is 2.38. The summed E-state index contributed by atoms with van der Waals surface area (Å²) in [5, 5.41) is 16.8. The third kappa shape index (κ3) is 1.68. The molecule has 1 aromatic carbocycles. The molecule has 7 heteroatoms. The lowest BCUT2D eigenvalue weighted by Crippen LogP contribution is -2.10. The van der Waals surface area contributed by atoms with E-state index in [4.69, 9.17) is 16.3 Å². The van der Waals surface area contributed by atoms with Crippen LogP contribution < -0.4 is 10.4 Å². The summed E-state index contributed by atoms with van der Waals surface area (Å²) in [5.74, 6) is 0.486. The number of ether oxygens (including phenoxy) is 1. The van der Waals surface area contributed by atoms with Crippen molar-refractivity contribution in [2.24, 2.45) is 0 Å². The molecule has 3 aromatic rings. The van der Waals surface area contributed by atoms with Crippen molar-refractivity contribution in [3.05, 3.63) is 39.3 Å². The van der Waals surface area contributed by atoms with Gasteiger partial charge in [0.15, 0.2) is 5.65 Å². The second kappa shape index (κ2) is 4.25. The topological polar surface area (TPSA) is 79.6 Å². The van der Waals surface area contributed by atoms with Crippen LogP contribution in [0.25, 0.3) is 16.6 Å². The van der Waals surface area contributed by atoms with Crippen LogP contribution in [-0.2, 0) is 6.61 Å². The van der Waals surface area contributed by atoms with Gasteiger partial charge < -0.3 is 9.84 Å². The van der Waals surface area contributed by atoms with Crippen molar-refractivity contribution in [3.8, 4) is 5.75 Å². The molecule has 0 spiro atoms. The quantitative estimate of drug-likeness (QED) is 0.742. The number of aromatic nitrogens is 3. The van der Waals surface area contributed by atoms with Gasteiger partial charge in [-0.15, -0.1) is 0 Å². The van der Waals surface area contributed by atoms with Gasteiger partial charge in [-0.1, -0.05) is 11.6 Å². The molecule has 6 nitrogen and oxygen atoms in total. The van der Waals surface area contributed by atoms with Crippen LogP contribution in [0.1, 0.15) is 5.56 Å². The van der Waals surface area contributed by atoms with E-state index in [2.05, 4.69) is 10.2 Å². The molecule has 0 bridgehead atoms. The number of aliphatic hydroxyl groups excluding tert-OH is 1. The third-order valence-corrected chi connectivity index (χ3v) is 3.32. The summed E-state index contributed by atoms with van der Waals surface area (Å²) in [6, 6.07) is 4.97. The highest BCUT2D eigenvalue weighted by molar-refractivity contribution is 6.32. The first kappa shape index (κ1) is 12.0. The van der Waals surface area contributed by atoms with Crippen molar-refractivity contribution in [3.63, 3.8) is 0 Å². The number of aliphatic hydroxyl groups is 1. The second-order valence-corrected chi connectivity index (χ2v) is 4.46. The zero-order valence-corrected chi connectivity index (χ0v) is 10.7. The van der Waals surface area contributed by atoms with E-state index in [-0.39, 0.29) is 12.3 Å². The SMILES string of the molecule is COc1cc2c(CO)cc3n[nH]c(=O)n3c2cc1Cl. The number of nitrogens with one attached hydrogen (secondary N) is 1. The van der Waals surface area contributed by atoms with Gasteiger partial charge in [-0.25, -0.2) is 14.3 Å². The summed E-state index contributed by atoms with van der Waals surface area (Å²) in [7, 11) is 1.51. The summed E-state index contributed by atoms with van der Waals surface area (Å²) in [6.07, 6.45) is 0. The number of methoxy groups -OCH3 is 1. The lowest BCUT2D eigenvalue weighted by molar-refractivity contribution is 0.283. The molecule has 3 rings (SSSR count). The highest BCUT2D eigenvalue weighted by Crippen LogP contribution is 2.31. The van der Waals surface area contributed by atoms with Gasteiger partial charge in [-0.2, -0.15) is 5.10 Å². The number of fused-ring (bicyclic) bond motifs is 3. The van der Waals surface area contributed by atoms with Gasteiger partial charge in [0.2, 0.25) is 0 Å². The Morgan fingerprint density at radius 3 is 2.95 bits per heavy atom. The molecule has 0 aliphatic heterocycles. The number of rotatable bonds is 2. The van der Waals surface area contributed by atoms with E-state index in [1.807, 2.05) is 0 Å². The van der Waals surface area contributed by atoms with Crippen molar-refractivity contribution < 1.29 is 9.84 Å². The Morgan fingerprint density at radius 2 is 2.26 bits per heavy atom. The van der Waals surface area contributed by atoms with Crippen molar-refractivity contribution in [1.82, 2.24) is 14.6 Å². The van der Waals surface area contributed by atoms with Crippen molar-refractivity contribution >= 4 is 28.2 Å². The van der Waals surface area contributed by atoms with Crippen molar-refractivity contribution in [2.45, 2.75) is 6.61 Å². The Bertz CT molecular complexity index is 837. The maximum atomic E-state index is 11.8. The number of halogens is 1. The van der Waals surface area contributed by atoms with Crippen LogP contribution >= 0.6 is 11.6 Å². The Balaban J connectivity index is 2.57. The van der Waals surface area contributed by atoms with Crippen LogP contribution in [0.5, 0.6) is 5.75 Å². The number of hydrogen-bond donors (Lipinski definition) is 2. The molecule has 0 saturated carbocycles. The lowest BCUT2D eigenvalue weighted by Gasteiger charge is -2.09. The summed E-state index contributed by atoms with van der Waals surface area (Å²) in [5.41, 5.74) is 1.30. The molecule has 2 heterocycles. The molecule has 98 valence electrons. The highest BCUT2D eigenvalue weighted by atomic mass is 35.5. The first-order valence-corrected chi connectivity index (χ1v) is 5.90. The minimum atomic E-state index is -0.356. The molecule has 19 heavy (non-hydrogen) atoms. The number of benzene rings is 1. The zero-order chi connectivity index (χ0) is 13.6. The van der Waals surface area contributed by atoms with Gasteiger partial charge in [0.25, 0.3) is 0 Å². The lowest BCUT2D eigenvalue weighted by atomic mass is 10.1. The maximum Gasteiger partial charge on any atom is 0.348 e. The normalized spacial score (nSPS) is 11.3. The predicted octanol–water partition coefficient (Wildman–Crippen LogP) is 1.33. The summed E-state index contributed by atoms with van der Waals surface area (Å²) in [4.78, 5) is 11.8. The maximum absolute atomic E-state index is 11.8. The molecule has 0 aliphatic rings. The number of hydrogen-bond acceptors (Lipinski definition) is 4. The fraction of sp³-hybridized carbons (Fsp3) is 0.167. The summed E-state index contributed by atoms with van der Waals surface area (Å²) >= 11 is 6.09. The predicted molar refractivity (Wildman–Crippen MR) is 70.8 cm³/mol. The van der Waals surface area contributed by atoms with Crippen LogP contribution in [0, 0.1) is 0 Å². The van der Waals surface area contributed by atoms with Gasteiger partial charge in [0.05, 0.1) is 24.3 Å². The third-order valence-electron chi connectivity index (χ3n) is 3.03. The van der Waals surface area contributed by atoms with Gasteiger partial charge in [0, 0.05) is 5.39 Å². The van der Waals surface area contributed by atoms with Crippen LogP contribution in [0.4, 0.5) is 0 Å². The fourth-order valence-electron chi connectivity index (χ4n) is 2.14. The summed E-state index contributed by atoms with van der Waals surface area (Å²) < 4.78 is 6.55. The molecule has 0 saturated heterocycles. The minimum Gasteiger partial charge on any atom is -0.495 e. The van der Waals surface area contributed by atoms with E-state index in [9.17, 15) is 9.90 Å². The van der Waals surface area contributed by atoms with E-state index in [1.54, 1.807) is 18.2 Å². The van der Waals surface area contributed by atoms with E-state index in [0.717, 1.165) is 0 Å². The van der Waals surface area contributed by atoms with Gasteiger partial charge in [0.1, 0.15) is 5.75 Å². The molecular weight excluding hydrogens is 270 g/mol. The van der Waals surface area contributed by atoms with E-state index >= 15 is 0 Å². The minimum absolute atomic E-state index is 0.168. The smallest absolute Gasteiger partial charge is 0.348 e. The average molecular weight is 280 g/mol. The van der Waals surface area contributed by atoms with E-state index in [1.165, 1.54) is 11.5 Å². The Kier molecular flexibility index (Phi) is 2.69. The van der Waals surface area contributed by atoms with Crippen LogP contribution in [0.3, 0.4) is 0 Å². The van der Waals surface area contributed by atoms with E-state index < -0.39 is 0 Å². The molecule has 0 unspecified atom stereocenters. The molecule has 2 N–H and O–H groups in total.